The lowest BCUT2D eigenvalue weighted by atomic mass is 9.33. The number of hydrogen-bond donors (Lipinski definition) is 0. The van der Waals surface area contributed by atoms with Gasteiger partial charge in [0, 0.05) is 61.9 Å². The average Bonchev–Trinajstić information content (AvgIpc) is 2.23. The fraction of sp³-hybridized carbons (Fsp3) is 0.421. The Bertz CT molecular complexity index is 3600. The third-order valence-electron chi connectivity index (χ3n) is 22.2. The molecule has 4 nitrogen and oxygen atoms in total. The van der Waals surface area contributed by atoms with E-state index in [0.29, 0.717) is 0 Å². The maximum absolute atomic E-state index is 6.66. The zero-order chi connectivity index (χ0) is 53.8. The van der Waals surface area contributed by atoms with E-state index in [-0.39, 0.29) is 17.7 Å². The van der Waals surface area contributed by atoms with Crippen LogP contribution in [0, 0.1) is 0 Å². The molecule has 4 heterocycles. The van der Waals surface area contributed by atoms with Gasteiger partial charge in [0.25, 0.3) is 6.71 Å². The van der Waals surface area contributed by atoms with Gasteiger partial charge in [0.15, 0.2) is 0 Å². The molecule has 8 aromatic rings. The topological polar surface area (TPSA) is 22.9 Å². The second-order valence-electron chi connectivity index (χ2n) is 27.0. The van der Waals surface area contributed by atoms with E-state index in [4.69, 9.17) is 4.42 Å². The fourth-order valence-corrected chi connectivity index (χ4v) is 17.7. The van der Waals surface area contributed by atoms with Crippen molar-refractivity contribution in [2.24, 2.45) is 0 Å². The first kappa shape index (κ1) is 50.3. The minimum Gasteiger partial charge on any atom is -0.456 e. The van der Waals surface area contributed by atoms with Gasteiger partial charge in [-0.2, -0.15) is 0 Å². The molecule has 1 saturated carbocycles. The van der Waals surface area contributed by atoms with Gasteiger partial charge in [0.2, 0.25) is 0 Å². The molecule has 5 heteroatoms. The molecule has 410 valence electrons. The van der Waals surface area contributed by atoms with Crippen LogP contribution in [-0.2, 0) is 56.8 Å². The highest BCUT2D eigenvalue weighted by molar-refractivity contribution is 7.00. The van der Waals surface area contributed by atoms with E-state index in [1.807, 2.05) is 0 Å². The van der Waals surface area contributed by atoms with Crippen molar-refractivity contribution in [2.75, 3.05) is 14.7 Å². The number of furan rings is 1. The quantitative estimate of drug-likeness (QED) is 0.164. The van der Waals surface area contributed by atoms with Crippen molar-refractivity contribution < 1.29 is 4.42 Å². The molecular weight excluding hydrogens is 982 g/mol. The van der Waals surface area contributed by atoms with Gasteiger partial charge in [-0.3, -0.25) is 0 Å². The number of para-hydroxylation sites is 1. The first-order chi connectivity index (χ1) is 39.9. The zero-order valence-corrected chi connectivity index (χ0v) is 48.7. The summed E-state index contributed by atoms with van der Waals surface area (Å²) in [7, 11) is 0. The summed E-state index contributed by atoms with van der Waals surface area (Å²) in [5.41, 5.74) is 31.5. The van der Waals surface area contributed by atoms with Crippen LogP contribution in [0.4, 0.5) is 45.5 Å². The molecule has 3 aliphatic heterocycles. The molecule has 5 aliphatic carbocycles. The van der Waals surface area contributed by atoms with Crippen LogP contribution in [-0.4, -0.2) is 12.3 Å². The molecule has 7 aromatic carbocycles. The molecule has 16 rings (SSSR count). The van der Waals surface area contributed by atoms with E-state index in [0.717, 1.165) is 55.3 Å². The molecule has 2 atom stereocenters. The highest BCUT2D eigenvalue weighted by Crippen LogP contribution is 2.62. The van der Waals surface area contributed by atoms with Crippen molar-refractivity contribution in [2.45, 2.75) is 205 Å². The van der Waals surface area contributed by atoms with Crippen molar-refractivity contribution in [3.63, 3.8) is 0 Å². The number of fused-ring (bicyclic) bond motifs is 12. The van der Waals surface area contributed by atoms with Crippen LogP contribution in [0.25, 0.3) is 22.3 Å². The summed E-state index contributed by atoms with van der Waals surface area (Å²) in [4.78, 5) is 8.54. The van der Waals surface area contributed by atoms with E-state index in [1.54, 1.807) is 44.5 Å². The first-order valence-electron chi connectivity index (χ1n) is 32.7. The average molecular weight is 1060 g/mol. The molecule has 8 aliphatic rings. The van der Waals surface area contributed by atoms with E-state index in [2.05, 4.69) is 150 Å². The summed E-state index contributed by atoms with van der Waals surface area (Å²) in [5.74, 6) is 0.959. The molecule has 2 unspecified atom stereocenters. The monoisotopic (exact) mass is 1060 g/mol. The van der Waals surface area contributed by atoms with Crippen LogP contribution in [0.15, 0.2) is 126 Å². The Kier molecular flexibility index (Phi) is 12.5. The molecule has 81 heavy (non-hydrogen) atoms. The van der Waals surface area contributed by atoms with Crippen molar-refractivity contribution in [3.8, 4) is 11.3 Å². The summed E-state index contributed by atoms with van der Waals surface area (Å²) in [5, 5.41) is 1.16. The fourth-order valence-electron chi connectivity index (χ4n) is 17.7. The molecule has 1 fully saturated rings. The zero-order valence-electron chi connectivity index (χ0n) is 48.7. The predicted molar refractivity (Wildman–Crippen MR) is 342 cm³/mol. The second-order valence-corrected chi connectivity index (χ2v) is 27.0. The maximum atomic E-state index is 6.66. The van der Waals surface area contributed by atoms with Gasteiger partial charge in [0.05, 0.1) is 5.54 Å². The van der Waals surface area contributed by atoms with Gasteiger partial charge in [-0.15, -0.1) is 0 Å². The molecule has 0 bridgehead atoms. The smallest absolute Gasteiger partial charge is 0.252 e. The van der Waals surface area contributed by atoms with Crippen molar-refractivity contribution in [1.29, 1.82) is 0 Å². The lowest BCUT2D eigenvalue weighted by Gasteiger charge is -2.51. The van der Waals surface area contributed by atoms with Gasteiger partial charge < -0.3 is 19.1 Å². The Hall–Kier alpha value is -6.46. The lowest BCUT2D eigenvalue weighted by Crippen LogP contribution is -2.62. The van der Waals surface area contributed by atoms with Gasteiger partial charge in [0.1, 0.15) is 11.3 Å². The standard InChI is InChI=1S/C76H82BN3O/c1-75-39-21-22-40-76(75,2)80(67-38-35-60(43-64(67)75)73-48-59-31-19-20-32-72(59)81-73)63-49-70-74-71(50-63)79(62-37-34-52-24-12-4-6-14-26-54(52)42-62)69-47-58-30-18-10-8-16-28-56(58)45-66(69)77(74)65-44-55-27-15-7-9-17-29-57(55)46-68(65)78(70)61-36-33-51-23-11-3-5-13-25-53(51)41-61/h19-20,31-38,41-50H,3-18,21-30,39-40H2,1-2H3. The van der Waals surface area contributed by atoms with Crippen LogP contribution >= 0.6 is 0 Å². The van der Waals surface area contributed by atoms with Crippen molar-refractivity contribution >= 4 is 79.6 Å². The summed E-state index contributed by atoms with van der Waals surface area (Å²) in [6.45, 7) is 5.37. The van der Waals surface area contributed by atoms with Crippen LogP contribution in [0.5, 0.6) is 0 Å². The molecule has 1 aromatic heterocycles. The number of nitrogens with zero attached hydrogens (tertiary/aromatic N) is 3. The number of anilines is 8. The SMILES string of the molecule is CC12CCCCC1(C)N(c1cc3c4c(c1)N(c1ccc5c(c1)CCCCCC5)c1cc5c(cc1B4c1cc4c(cc1N3c1ccc3c(c1)CCCCCC3)CCCCCC4)CCCCCC5)c1ccc(-c3cc4ccccc4o3)cc12. The van der Waals surface area contributed by atoms with Crippen molar-refractivity contribution in [3.05, 3.63) is 171 Å². The molecule has 0 spiro atoms. The van der Waals surface area contributed by atoms with Crippen LogP contribution in [0.3, 0.4) is 0 Å². The molecule has 0 saturated heterocycles. The Balaban J connectivity index is 0.992. The highest BCUT2D eigenvalue weighted by atomic mass is 16.3. The lowest BCUT2D eigenvalue weighted by molar-refractivity contribution is 0.195. The minimum atomic E-state index is -0.161. The number of aryl methyl sites for hydroxylation is 8. The third kappa shape index (κ3) is 8.26. The van der Waals surface area contributed by atoms with E-state index in [9.17, 15) is 0 Å². The Morgan fingerprint density at radius 1 is 0.383 bits per heavy atom. The summed E-state index contributed by atoms with van der Waals surface area (Å²) >= 11 is 0. The Morgan fingerprint density at radius 3 is 1.40 bits per heavy atom. The van der Waals surface area contributed by atoms with E-state index < -0.39 is 0 Å². The van der Waals surface area contributed by atoms with Gasteiger partial charge >= 0.3 is 0 Å². The Morgan fingerprint density at radius 2 is 0.864 bits per heavy atom. The van der Waals surface area contributed by atoms with Crippen molar-refractivity contribution in [1.82, 2.24) is 0 Å². The predicted octanol–water partition coefficient (Wildman–Crippen LogP) is 18.6. The second kappa shape index (κ2) is 20.2. The summed E-state index contributed by atoms with van der Waals surface area (Å²) < 4.78 is 6.66. The van der Waals surface area contributed by atoms with Crippen LogP contribution in [0.1, 0.15) is 192 Å². The van der Waals surface area contributed by atoms with E-state index >= 15 is 0 Å². The number of rotatable bonds is 4. The first-order valence-corrected chi connectivity index (χ1v) is 32.7. The number of benzene rings is 7. The van der Waals surface area contributed by atoms with E-state index in [1.165, 1.54) is 214 Å². The minimum absolute atomic E-state index is 0.0745. The van der Waals surface area contributed by atoms with Crippen LogP contribution < -0.4 is 31.1 Å². The van der Waals surface area contributed by atoms with Crippen LogP contribution in [0.2, 0.25) is 0 Å². The Labute approximate surface area is 483 Å². The normalized spacial score (nSPS) is 22.3. The van der Waals surface area contributed by atoms with Gasteiger partial charge in [-0.25, -0.2) is 0 Å². The molecule has 0 radical (unpaired) electrons. The van der Waals surface area contributed by atoms with Gasteiger partial charge in [-0.05, 0) is 268 Å². The largest absolute Gasteiger partial charge is 0.456 e. The number of hydrogen-bond acceptors (Lipinski definition) is 4. The molecule has 0 N–H and O–H groups in total. The maximum Gasteiger partial charge on any atom is 0.252 e. The summed E-state index contributed by atoms with van der Waals surface area (Å²) in [6, 6.07) is 50.1. The summed E-state index contributed by atoms with van der Waals surface area (Å²) in [6.07, 6.45) is 35.0. The third-order valence-corrected chi connectivity index (χ3v) is 22.2. The molecule has 0 amide bonds. The molecular formula is C76H82BN3O. The highest BCUT2D eigenvalue weighted by Gasteiger charge is 2.58. The van der Waals surface area contributed by atoms with Gasteiger partial charge in [-0.1, -0.05) is 114 Å².